The zero-order valence-corrected chi connectivity index (χ0v) is 12.9. The van der Waals surface area contributed by atoms with Gasteiger partial charge in [-0.1, -0.05) is 24.3 Å². The number of amides is 1. The van der Waals surface area contributed by atoms with Crippen LogP contribution in [0.1, 0.15) is 26.3 Å². The molecule has 1 unspecified atom stereocenters. The van der Waals surface area contributed by atoms with Gasteiger partial charge in [0.1, 0.15) is 0 Å². The number of carbonyl (C=O) groups is 1. The van der Waals surface area contributed by atoms with Gasteiger partial charge in [0.15, 0.2) is 0 Å². The zero-order chi connectivity index (χ0) is 15.2. The Kier molecular flexibility index (Phi) is 5.28. The molecular weight excluding hydrogens is 262 g/mol. The Bertz CT molecular complexity index is 605. The smallest absolute Gasteiger partial charge is 0.237 e. The van der Waals surface area contributed by atoms with E-state index in [4.69, 9.17) is 0 Å². The summed E-state index contributed by atoms with van der Waals surface area (Å²) in [5, 5.41) is 7.32. The molecule has 2 aromatic rings. The largest absolute Gasteiger partial charge is 0.353 e. The van der Waals surface area contributed by atoms with E-state index in [9.17, 15) is 4.79 Å². The molecule has 0 aliphatic heterocycles. The van der Waals surface area contributed by atoms with Gasteiger partial charge in [-0.25, -0.2) is 0 Å². The molecule has 4 nitrogen and oxygen atoms in total. The SMILES string of the molecule is CC(C)NC(=O)C(C)NCCc1cccc2cccnc12. The van der Waals surface area contributed by atoms with Crippen LogP contribution in [-0.4, -0.2) is 29.5 Å². The number of hydrogen-bond acceptors (Lipinski definition) is 3. The van der Waals surface area contributed by atoms with Crippen LogP contribution in [0.3, 0.4) is 0 Å². The fourth-order valence-corrected chi connectivity index (χ4v) is 2.29. The lowest BCUT2D eigenvalue weighted by molar-refractivity contribution is -0.123. The predicted octanol–water partition coefficient (Wildman–Crippen LogP) is 2.28. The van der Waals surface area contributed by atoms with E-state index in [-0.39, 0.29) is 18.0 Å². The van der Waals surface area contributed by atoms with E-state index in [0.29, 0.717) is 0 Å². The molecule has 0 aliphatic carbocycles. The van der Waals surface area contributed by atoms with Gasteiger partial charge in [-0.05, 0) is 45.4 Å². The molecule has 1 heterocycles. The topological polar surface area (TPSA) is 54.0 Å². The van der Waals surface area contributed by atoms with Gasteiger partial charge in [-0.2, -0.15) is 0 Å². The summed E-state index contributed by atoms with van der Waals surface area (Å²) in [4.78, 5) is 16.3. The van der Waals surface area contributed by atoms with Gasteiger partial charge in [0.2, 0.25) is 5.91 Å². The molecule has 4 heteroatoms. The van der Waals surface area contributed by atoms with E-state index < -0.39 is 0 Å². The van der Waals surface area contributed by atoms with Crippen molar-refractivity contribution in [2.75, 3.05) is 6.54 Å². The van der Waals surface area contributed by atoms with E-state index in [1.807, 2.05) is 39.1 Å². The molecule has 0 radical (unpaired) electrons. The number of benzene rings is 1. The number of para-hydroxylation sites is 1. The minimum Gasteiger partial charge on any atom is -0.353 e. The molecule has 0 spiro atoms. The highest BCUT2D eigenvalue weighted by Gasteiger charge is 2.12. The minimum atomic E-state index is -0.185. The summed E-state index contributed by atoms with van der Waals surface area (Å²) in [7, 11) is 0. The monoisotopic (exact) mass is 285 g/mol. The number of fused-ring (bicyclic) bond motifs is 1. The van der Waals surface area contributed by atoms with Crippen LogP contribution in [0.5, 0.6) is 0 Å². The average molecular weight is 285 g/mol. The summed E-state index contributed by atoms with van der Waals surface area (Å²) in [6.07, 6.45) is 2.67. The third-order valence-corrected chi connectivity index (χ3v) is 3.39. The molecule has 2 rings (SSSR count). The van der Waals surface area contributed by atoms with Gasteiger partial charge in [-0.3, -0.25) is 9.78 Å². The van der Waals surface area contributed by atoms with Crippen LogP contribution in [0.4, 0.5) is 0 Å². The molecule has 112 valence electrons. The Balaban J connectivity index is 1.92. The first-order valence-corrected chi connectivity index (χ1v) is 7.44. The van der Waals surface area contributed by atoms with E-state index in [1.54, 1.807) is 0 Å². The summed E-state index contributed by atoms with van der Waals surface area (Å²) in [5.41, 5.74) is 2.25. The van der Waals surface area contributed by atoms with Crippen molar-refractivity contribution < 1.29 is 4.79 Å². The molecular formula is C17H23N3O. The van der Waals surface area contributed by atoms with Crippen molar-refractivity contribution in [2.24, 2.45) is 0 Å². The number of nitrogens with one attached hydrogen (secondary N) is 2. The average Bonchev–Trinajstić information content (AvgIpc) is 2.46. The van der Waals surface area contributed by atoms with Crippen LogP contribution in [0.15, 0.2) is 36.5 Å². The van der Waals surface area contributed by atoms with Gasteiger partial charge in [0, 0.05) is 17.6 Å². The fourth-order valence-electron chi connectivity index (χ4n) is 2.29. The predicted molar refractivity (Wildman–Crippen MR) is 86.2 cm³/mol. The highest BCUT2D eigenvalue weighted by molar-refractivity contribution is 5.82. The van der Waals surface area contributed by atoms with Gasteiger partial charge < -0.3 is 10.6 Å². The molecule has 0 bridgehead atoms. The summed E-state index contributed by atoms with van der Waals surface area (Å²) in [6.45, 7) is 6.57. The second kappa shape index (κ2) is 7.18. The lowest BCUT2D eigenvalue weighted by atomic mass is 10.1. The van der Waals surface area contributed by atoms with Crippen molar-refractivity contribution in [1.82, 2.24) is 15.6 Å². The summed E-state index contributed by atoms with van der Waals surface area (Å²) >= 11 is 0. The van der Waals surface area contributed by atoms with Gasteiger partial charge >= 0.3 is 0 Å². The molecule has 0 fully saturated rings. The van der Waals surface area contributed by atoms with Crippen LogP contribution in [0, 0.1) is 0 Å². The lowest BCUT2D eigenvalue weighted by Crippen LogP contribution is -2.45. The number of rotatable bonds is 6. The van der Waals surface area contributed by atoms with Crippen LogP contribution < -0.4 is 10.6 Å². The molecule has 0 saturated carbocycles. The number of pyridine rings is 1. The first kappa shape index (κ1) is 15.4. The molecule has 21 heavy (non-hydrogen) atoms. The van der Waals surface area contributed by atoms with Crippen molar-refractivity contribution in [1.29, 1.82) is 0 Å². The Hall–Kier alpha value is -1.94. The maximum absolute atomic E-state index is 11.8. The van der Waals surface area contributed by atoms with Gasteiger partial charge in [-0.15, -0.1) is 0 Å². The van der Waals surface area contributed by atoms with Crippen LogP contribution in [0.2, 0.25) is 0 Å². The highest BCUT2D eigenvalue weighted by Crippen LogP contribution is 2.15. The molecule has 1 aromatic heterocycles. The van der Waals surface area contributed by atoms with E-state index in [0.717, 1.165) is 23.9 Å². The maximum atomic E-state index is 11.8. The van der Waals surface area contributed by atoms with Crippen molar-refractivity contribution in [3.8, 4) is 0 Å². The Labute approximate surface area is 126 Å². The Morgan fingerprint density at radius 1 is 1.19 bits per heavy atom. The van der Waals surface area contributed by atoms with Gasteiger partial charge in [0.25, 0.3) is 0 Å². The second-order valence-electron chi connectivity index (χ2n) is 5.58. The van der Waals surface area contributed by atoms with E-state index in [1.165, 1.54) is 5.56 Å². The fraction of sp³-hybridized carbons (Fsp3) is 0.412. The molecule has 0 saturated heterocycles. The summed E-state index contributed by atoms with van der Waals surface area (Å²) < 4.78 is 0. The number of aromatic nitrogens is 1. The number of nitrogens with zero attached hydrogens (tertiary/aromatic N) is 1. The van der Waals surface area contributed by atoms with Crippen LogP contribution >= 0.6 is 0 Å². The third kappa shape index (κ3) is 4.26. The number of carbonyl (C=O) groups excluding carboxylic acids is 1. The summed E-state index contributed by atoms with van der Waals surface area (Å²) in [5.74, 6) is 0.0426. The van der Waals surface area contributed by atoms with E-state index in [2.05, 4.69) is 33.8 Å². The maximum Gasteiger partial charge on any atom is 0.237 e. The standard InChI is InChI=1S/C17H23N3O/c1-12(2)20-17(21)13(3)18-11-9-15-7-4-6-14-8-5-10-19-16(14)15/h4-8,10,12-13,18H,9,11H2,1-3H3,(H,20,21). The zero-order valence-electron chi connectivity index (χ0n) is 12.9. The quantitative estimate of drug-likeness (QED) is 0.856. The van der Waals surface area contributed by atoms with E-state index >= 15 is 0 Å². The normalized spacial score (nSPS) is 12.6. The highest BCUT2D eigenvalue weighted by atomic mass is 16.2. The van der Waals surface area contributed by atoms with Crippen LogP contribution in [0.25, 0.3) is 10.9 Å². The molecule has 1 atom stereocenters. The molecule has 0 aliphatic rings. The lowest BCUT2D eigenvalue weighted by Gasteiger charge is -2.16. The minimum absolute atomic E-state index is 0.0426. The van der Waals surface area contributed by atoms with Gasteiger partial charge in [0.05, 0.1) is 11.6 Å². The molecule has 1 aromatic carbocycles. The van der Waals surface area contributed by atoms with Crippen LogP contribution in [-0.2, 0) is 11.2 Å². The first-order chi connectivity index (χ1) is 10.1. The number of hydrogen-bond donors (Lipinski definition) is 2. The summed E-state index contributed by atoms with van der Waals surface area (Å²) in [6, 6.07) is 10.2. The Morgan fingerprint density at radius 3 is 2.71 bits per heavy atom. The van der Waals surface area contributed by atoms with Crippen molar-refractivity contribution in [2.45, 2.75) is 39.3 Å². The molecule has 1 amide bonds. The van der Waals surface area contributed by atoms with Crippen molar-refractivity contribution >= 4 is 16.8 Å². The molecule has 2 N–H and O–H groups in total. The second-order valence-corrected chi connectivity index (χ2v) is 5.58. The Morgan fingerprint density at radius 2 is 1.95 bits per heavy atom. The van der Waals surface area contributed by atoms with Crippen molar-refractivity contribution in [3.05, 3.63) is 42.1 Å². The van der Waals surface area contributed by atoms with Crippen molar-refractivity contribution in [3.63, 3.8) is 0 Å². The third-order valence-electron chi connectivity index (χ3n) is 3.39. The first-order valence-electron chi connectivity index (χ1n) is 7.44.